The molecule has 2 fully saturated rings. The van der Waals surface area contributed by atoms with Gasteiger partial charge in [0.25, 0.3) is 0 Å². The maximum atomic E-state index is 11.4. The van der Waals surface area contributed by atoms with Gasteiger partial charge in [-0.15, -0.1) is 0 Å². The smallest absolute Gasteiger partial charge is 0.227 e. The minimum Gasteiger partial charge on any atom is -0.489 e. The monoisotopic (exact) mass is 472 g/mol. The molecular formula is C25H33ClN4O3. The Labute approximate surface area is 201 Å². The summed E-state index contributed by atoms with van der Waals surface area (Å²) in [6.07, 6.45) is 5.55. The van der Waals surface area contributed by atoms with E-state index in [0.29, 0.717) is 17.4 Å². The molecule has 8 heteroatoms. The Bertz CT molecular complexity index is 955. The van der Waals surface area contributed by atoms with E-state index in [0.717, 1.165) is 62.6 Å². The highest BCUT2D eigenvalue weighted by Gasteiger charge is 2.28. The van der Waals surface area contributed by atoms with Crippen molar-refractivity contribution in [3.05, 3.63) is 41.0 Å². The summed E-state index contributed by atoms with van der Waals surface area (Å²) in [5.74, 6) is 2.73. The van der Waals surface area contributed by atoms with Crippen molar-refractivity contribution in [2.75, 3.05) is 43.1 Å². The molecule has 3 atom stereocenters. The summed E-state index contributed by atoms with van der Waals surface area (Å²) in [5, 5.41) is 0.559. The van der Waals surface area contributed by atoms with Crippen LogP contribution in [0.5, 0.6) is 5.75 Å². The van der Waals surface area contributed by atoms with Crippen molar-refractivity contribution in [1.82, 2.24) is 9.97 Å². The first-order valence-electron chi connectivity index (χ1n) is 11.7. The highest BCUT2D eigenvalue weighted by Crippen LogP contribution is 2.30. The molecule has 2 aliphatic rings. The van der Waals surface area contributed by atoms with Crippen LogP contribution < -0.4 is 14.5 Å². The minimum absolute atomic E-state index is 0.0628. The maximum Gasteiger partial charge on any atom is 0.227 e. The number of rotatable bonds is 8. The number of nitrogens with zero attached hydrogens (tertiary/aromatic N) is 4. The first-order chi connectivity index (χ1) is 15.9. The van der Waals surface area contributed by atoms with Gasteiger partial charge in [-0.1, -0.05) is 30.7 Å². The number of piperidine rings is 1. The van der Waals surface area contributed by atoms with Crippen LogP contribution in [0.4, 0.5) is 11.8 Å². The van der Waals surface area contributed by atoms with Crippen LogP contribution in [0.25, 0.3) is 0 Å². The van der Waals surface area contributed by atoms with Gasteiger partial charge in [-0.2, -0.15) is 4.98 Å². The van der Waals surface area contributed by atoms with E-state index in [9.17, 15) is 4.79 Å². The third-order valence-electron chi connectivity index (χ3n) is 6.50. The van der Waals surface area contributed by atoms with E-state index in [1.54, 1.807) is 20.2 Å². The number of hydrogen-bond acceptors (Lipinski definition) is 7. The van der Waals surface area contributed by atoms with E-state index in [1.807, 2.05) is 12.1 Å². The number of anilines is 2. The largest absolute Gasteiger partial charge is 0.489 e. The van der Waals surface area contributed by atoms with E-state index >= 15 is 0 Å². The van der Waals surface area contributed by atoms with Crippen LogP contribution in [-0.2, 0) is 9.53 Å². The molecule has 0 radical (unpaired) electrons. The van der Waals surface area contributed by atoms with E-state index in [2.05, 4.69) is 33.8 Å². The van der Waals surface area contributed by atoms with Gasteiger partial charge in [-0.25, -0.2) is 4.98 Å². The maximum absolute atomic E-state index is 11.4. The standard InChI is InChI=1S/C25H33ClN4O3/c1-17(13-18(2)31)19-6-8-20(9-7-19)33-22-10-12-29(16-22)24-23(26)14-27-25(28-24)30-11-4-5-21(15-30)32-3/h6-9,14,17,21-22H,4-5,10-13,15-16H2,1-3H3/t17-,21?,22-/m1/s1. The summed E-state index contributed by atoms with van der Waals surface area (Å²) in [6, 6.07) is 8.09. The van der Waals surface area contributed by atoms with Gasteiger partial charge in [0.1, 0.15) is 22.7 Å². The predicted octanol–water partition coefficient (Wildman–Crippen LogP) is 4.49. The number of halogens is 1. The molecule has 7 nitrogen and oxygen atoms in total. The fraction of sp³-hybridized carbons (Fsp3) is 0.560. The molecule has 2 aromatic rings. The van der Waals surface area contributed by atoms with Gasteiger partial charge >= 0.3 is 0 Å². The van der Waals surface area contributed by atoms with Crippen molar-refractivity contribution in [3.63, 3.8) is 0 Å². The van der Waals surface area contributed by atoms with Gasteiger partial charge in [-0.05, 0) is 43.4 Å². The van der Waals surface area contributed by atoms with E-state index < -0.39 is 0 Å². The van der Waals surface area contributed by atoms with Crippen molar-refractivity contribution in [3.8, 4) is 5.75 Å². The molecular weight excluding hydrogens is 440 g/mol. The van der Waals surface area contributed by atoms with Crippen LogP contribution in [0, 0.1) is 0 Å². The second-order valence-corrected chi connectivity index (χ2v) is 9.55. The molecule has 0 saturated carbocycles. The SMILES string of the molecule is COC1CCCN(c2ncc(Cl)c(N3CC[C@@H](Oc4ccc([C@H](C)CC(C)=O)cc4)C3)n2)C1. The predicted molar refractivity (Wildman–Crippen MR) is 131 cm³/mol. The van der Waals surface area contributed by atoms with E-state index in [1.165, 1.54) is 0 Å². The van der Waals surface area contributed by atoms with Gasteiger partial charge in [0.05, 0.1) is 18.8 Å². The van der Waals surface area contributed by atoms with Crippen molar-refractivity contribution in [2.45, 2.75) is 57.7 Å². The number of carbonyl (C=O) groups excluding carboxylic acids is 1. The third kappa shape index (κ3) is 5.95. The fourth-order valence-electron chi connectivity index (χ4n) is 4.67. The highest BCUT2D eigenvalue weighted by atomic mass is 35.5. The Morgan fingerprint density at radius 3 is 2.64 bits per heavy atom. The lowest BCUT2D eigenvalue weighted by Crippen LogP contribution is -2.40. The molecule has 1 aromatic heterocycles. The zero-order valence-corrected chi connectivity index (χ0v) is 20.4. The lowest BCUT2D eigenvalue weighted by molar-refractivity contribution is -0.117. The number of ether oxygens (including phenoxy) is 2. The molecule has 0 bridgehead atoms. The summed E-state index contributed by atoms with van der Waals surface area (Å²) in [5.41, 5.74) is 1.15. The summed E-state index contributed by atoms with van der Waals surface area (Å²) in [6.45, 7) is 6.98. The Morgan fingerprint density at radius 1 is 1.15 bits per heavy atom. The van der Waals surface area contributed by atoms with Gasteiger partial charge in [-0.3, -0.25) is 0 Å². The first-order valence-corrected chi connectivity index (χ1v) is 12.1. The first kappa shape index (κ1) is 23.8. The summed E-state index contributed by atoms with van der Waals surface area (Å²) < 4.78 is 11.8. The van der Waals surface area contributed by atoms with Crippen molar-refractivity contribution in [2.24, 2.45) is 0 Å². The summed E-state index contributed by atoms with van der Waals surface area (Å²) in [4.78, 5) is 25.0. The molecule has 0 amide bonds. The Morgan fingerprint density at radius 2 is 1.91 bits per heavy atom. The number of ketones is 1. The quantitative estimate of drug-likeness (QED) is 0.560. The van der Waals surface area contributed by atoms with Crippen LogP contribution in [-0.4, -0.2) is 61.2 Å². The topological polar surface area (TPSA) is 67.8 Å². The summed E-state index contributed by atoms with van der Waals surface area (Å²) >= 11 is 6.49. The van der Waals surface area contributed by atoms with Gasteiger partial charge in [0.15, 0.2) is 5.82 Å². The molecule has 3 heterocycles. The van der Waals surface area contributed by atoms with Gasteiger partial charge in [0.2, 0.25) is 5.95 Å². The molecule has 1 unspecified atom stereocenters. The third-order valence-corrected chi connectivity index (χ3v) is 6.76. The lowest BCUT2D eigenvalue weighted by Gasteiger charge is -2.32. The van der Waals surface area contributed by atoms with Crippen molar-refractivity contribution < 1.29 is 14.3 Å². The number of hydrogen-bond donors (Lipinski definition) is 0. The number of methoxy groups -OCH3 is 1. The van der Waals surface area contributed by atoms with Crippen LogP contribution in [0.15, 0.2) is 30.5 Å². The molecule has 0 spiro atoms. The number of benzene rings is 1. The molecule has 178 valence electrons. The summed E-state index contributed by atoms with van der Waals surface area (Å²) in [7, 11) is 1.76. The average molecular weight is 473 g/mol. The highest BCUT2D eigenvalue weighted by molar-refractivity contribution is 6.32. The number of aromatic nitrogens is 2. The zero-order valence-electron chi connectivity index (χ0n) is 19.7. The van der Waals surface area contributed by atoms with Crippen molar-refractivity contribution in [1.29, 1.82) is 0 Å². The minimum atomic E-state index is 0.0628. The lowest BCUT2D eigenvalue weighted by atomic mass is 9.96. The molecule has 4 rings (SSSR count). The molecule has 0 aliphatic carbocycles. The number of carbonyl (C=O) groups is 1. The van der Waals surface area contributed by atoms with Crippen LogP contribution in [0.1, 0.15) is 51.0 Å². The fourth-order valence-corrected chi connectivity index (χ4v) is 4.88. The Kier molecular flexibility index (Phi) is 7.71. The zero-order chi connectivity index (χ0) is 23.4. The second-order valence-electron chi connectivity index (χ2n) is 9.14. The molecule has 33 heavy (non-hydrogen) atoms. The van der Waals surface area contributed by atoms with Crippen LogP contribution in [0.3, 0.4) is 0 Å². The van der Waals surface area contributed by atoms with Crippen LogP contribution >= 0.6 is 11.6 Å². The average Bonchev–Trinajstić information content (AvgIpc) is 3.27. The van der Waals surface area contributed by atoms with Gasteiger partial charge < -0.3 is 24.1 Å². The van der Waals surface area contributed by atoms with Crippen LogP contribution in [0.2, 0.25) is 5.02 Å². The molecule has 2 saturated heterocycles. The van der Waals surface area contributed by atoms with Crippen molar-refractivity contribution >= 4 is 29.2 Å². The van der Waals surface area contributed by atoms with E-state index in [4.69, 9.17) is 26.1 Å². The molecule has 1 aromatic carbocycles. The Hall–Kier alpha value is -2.38. The number of Topliss-reactive ketones (excluding diaryl/α,β-unsaturated/α-hetero) is 1. The molecule has 0 N–H and O–H groups in total. The molecule has 2 aliphatic heterocycles. The second kappa shape index (κ2) is 10.7. The normalized spacial score (nSPS) is 21.8. The van der Waals surface area contributed by atoms with E-state index in [-0.39, 0.29) is 23.9 Å². The Balaban J connectivity index is 1.38. The van der Waals surface area contributed by atoms with Gasteiger partial charge in [0, 0.05) is 39.6 Å².